The molecule has 7 rings (SSSR count). The first-order valence-corrected chi connectivity index (χ1v) is 11.7. The van der Waals surface area contributed by atoms with Crippen LogP contribution in [0.25, 0.3) is 0 Å². The summed E-state index contributed by atoms with van der Waals surface area (Å²) < 4.78 is 5.66. The number of hydrogen-bond acceptors (Lipinski definition) is 6. The van der Waals surface area contributed by atoms with Crippen molar-refractivity contribution in [1.82, 2.24) is 10.3 Å². The van der Waals surface area contributed by atoms with Crippen molar-refractivity contribution < 1.29 is 14.6 Å². The lowest BCUT2D eigenvalue weighted by Crippen LogP contribution is -2.59. The van der Waals surface area contributed by atoms with Crippen molar-refractivity contribution in [2.24, 2.45) is 17.8 Å². The Morgan fingerprint density at radius 2 is 2.13 bits per heavy atom. The zero-order valence-electron chi connectivity index (χ0n) is 17.5. The number of nitrogens with one attached hydrogen (secondary N) is 3. The number of carbonyl (C=O) groups is 1. The Morgan fingerprint density at radius 3 is 2.87 bits per heavy atom. The highest BCUT2D eigenvalue weighted by molar-refractivity contribution is 6.01. The molecule has 6 aliphatic rings. The molecule has 4 saturated carbocycles. The Morgan fingerprint density at radius 1 is 1.30 bits per heavy atom. The van der Waals surface area contributed by atoms with Gasteiger partial charge in [-0.05, 0) is 69.1 Å². The van der Waals surface area contributed by atoms with Crippen molar-refractivity contribution in [2.45, 2.75) is 69.1 Å². The van der Waals surface area contributed by atoms with Crippen molar-refractivity contribution in [3.8, 4) is 0 Å². The van der Waals surface area contributed by atoms with E-state index in [2.05, 4.69) is 20.9 Å². The number of nitrogens with zero attached hydrogens (tertiary/aromatic N) is 1. The summed E-state index contributed by atoms with van der Waals surface area (Å²) >= 11 is 0. The van der Waals surface area contributed by atoms with E-state index in [9.17, 15) is 9.90 Å². The Balaban J connectivity index is 1.26. The number of carbonyl (C=O) groups excluding carboxylic acids is 1. The molecule has 4 N–H and O–H groups in total. The zero-order valence-corrected chi connectivity index (χ0v) is 17.5. The Labute approximate surface area is 177 Å². The fraction of sp³-hybridized carbons (Fsp3) is 0.739. The summed E-state index contributed by atoms with van der Waals surface area (Å²) in [4.78, 5) is 17.6. The fourth-order valence-electron chi connectivity index (χ4n) is 7.08. The van der Waals surface area contributed by atoms with Gasteiger partial charge in [-0.1, -0.05) is 0 Å². The molecule has 4 aliphatic carbocycles. The minimum atomic E-state index is -0.447. The van der Waals surface area contributed by atoms with E-state index < -0.39 is 5.60 Å². The molecule has 3 heterocycles. The first kappa shape index (κ1) is 18.9. The number of fused-ring (bicyclic) bond motifs is 1. The molecule has 0 radical (unpaired) electrons. The van der Waals surface area contributed by atoms with Gasteiger partial charge in [-0.2, -0.15) is 0 Å². The van der Waals surface area contributed by atoms with Crippen LogP contribution in [0.3, 0.4) is 0 Å². The van der Waals surface area contributed by atoms with Crippen molar-refractivity contribution in [3.05, 3.63) is 17.3 Å². The van der Waals surface area contributed by atoms with Gasteiger partial charge >= 0.3 is 0 Å². The van der Waals surface area contributed by atoms with Gasteiger partial charge in [0.05, 0.1) is 23.0 Å². The molecule has 1 aromatic rings. The zero-order chi connectivity index (χ0) is 20.3. The van der Waals surface area contributed by atoms with E-state index >= 15 is 0 Å². The fourth-order valence-corrected chi connectivity index (χ4v) is 7.08. The van der Waals surface area contributed by atoms with Gasteiger partial charge in [-0.3, -0.25) is 4.79 Å². The average Bonchev–Trinajstić information content (AvgIpc) is 3.39. The summed E-state index contributed by atoms with van der Waals surface area (Å²) in [5.41, 5.74) is 2.28. The monoisotopic (exact) mass is 412 g/mol. The number of aromatic nitrogens is 1. The number of pyridine rings is 1. The first-order chi connectivity index (χ1) is 14.6. The van der Waals surface area contributed by atoms with Crippen molar-refractivity contribution in [3.63, 3.8) is 0 Å². The van der Waals surface area contributed by atoms with Crippen LogP contribution in [0.4, 0.5) is 11.5 Å². The van der Waals surface area contributed by atoms with E-state index in [4.69, 9.17) is 4.74 Å². The van der Waals surface area contributed by atoms with Gasteiger partial charge in [0.15, 0.2) is 0 Å². The van der Waals surface area contributed by atoms with Crippen molar-refractivity contribution in [2.75, 3.05) is 30.3 Å². The maximum atomic E-state index is 13.1. The second kappa shape index (κ2) is 7.09. The molecule has 0 spiro atoms. The third kappa shape index (κ3) is 3.17. The summed E-state index contributed by atoms with van der Waals surface area (Å²) in [7, 11) is 0. The molecule has 1 aromatic heterocycles. The minimum Gasteiger partial charge on any atom is -0.390 e. The molecule has 1 amide bonds. The lowest BCUT2D eigenvalue weighted by Gasteiger charge is -2.58. The smallest absolute Gasteiger partial charge is 0.255 e. The predicted molar refractivity (Wildman–Crippen MR) is 114 cm³/mol. The van der Waals surface area contributed by atoms with E-state index in [1.54, 1.807) is 6.20 Å². The molecule has 162 valence electrons. The number of hydrogen-bond donors (Lipinski definition) is 4. The normalized spacial score (nSPS) is 38.4. The lowest BCUT2D eigenvalue weighted by atomic mass is 9.52. The van der Waals surface area contributed by atoms with Crippen LogP contribution in [0, 0.1) is 17.8 Å². The molecule has 7 heteroatoms. The molecular formula is C23H32N4O3. The number of aliphatic hydroxyl groups is 1. The Kier molecular flexibility index (Phi) is 4.46. The highest BCUT2D eigenvalue weighted by atomic mass is 16.5. The molecule has 7 nitrogen and oxygen atoms in total. The van der Waals surface area contributed by atoms with E-state index in [0.717, 1.165) is 68.7 Å². The van der Waals surface area contributed by atoms with Crippen LogP contribution >= 0.6 is 0 Å². The van der Waals surface area contributed by atoms with E-state index in [0.29, 0.717) is 35.9 Å². The van der Waals surface area contributed by atoms with Gasteiger partial charge in [0.2, 0.25) is 0 Å². The summed E-state index contributed by atoms with van der Waals surface area (Å²) in [5.74, 6) is 2.47. The first-order valence-electron chi connectivity index (χ1n) is 11.7. The second-order valence-corrected chi connectivity index (χ2v) is 10.3. The molecule has 0 aromatic carbocycles. The van der Waals surface area contributed by atoms with Crippen LogP contribution in [0.1, 0.15) is 60.9 Å². The standard InChI is InChI=1S/C23H32N4O3/c28-22(26-11-16-2-1-5-30-16)18-12-25-21-17(3-4-24-21)20(18)27-19-14-6-13-7-15(19)10-23(29,8-13)9-14/h12-16,19,29H,1-11H2,(H,26,28)(H2,24,25,27)/t13?,14?,15?,16?,19-,23+. The number of rotatable bonds is 5. The molecule has 30 heavy (non-hydrogen) atoms. The summed E-state index contributed by atoms with van der Waals surface area (Å²) in [5, 5.41) is 21.2. The van der Waals surface area contributed by atoms with E-state index in [1.807, 2.05) is 0 Å². The number of amides is 1. The van der Waals surface area contributed by atoms with Gasteiger partial charge < -0.3 is 25.8 Å². The summed E-state index contributed by atoms with van der Waals surface area (Å²) in [6.07, 6.45) is 9.96. The maximum absolute atomic E-state index is 13.1. The molecule has 1 saturated heterocycles. The highest BCUT2D eigenvalue weighted by Crippen LogP contribution is 2.56. The predicted octanol–water partition coefficient (Wildman–Crippen LogP) is 2.31. The third-order valence-electron chi connectivity index (χ3n) is 8.16. The van der Waals surface area contributed by atoms with Crippen LogP contribution < -0.4 is 16.0 Å². The summed E-state index contributed by atoms with van der Waals surface area (Å²) in [6, 6.07) is 0.332. The number of anilines is 2. The molecule has 5 fully saturated rings. The van der Waals surface area contributed by atoms with Crippen molar-refractivity contribution in [1.29, 1.82) is 0 Å². The molecule has 2 aliphatic heterocycles. The largest absolute Gasteiger partial charge is 0.390 e. The highest BCUT2D eigenvalue weighted by Gasteiger charge is 2.55. The van der Waals surface area contributed by atoms with Crippen LogP contribution in [0.5, 0.6) is 0 Å². The van der Waals surface area contributed by atoms with Gasteiger partial charge in [0, 0.05) is 37.5 Å². The second-order valence-electron chi connectivity index (χ2n) is 10.3. The number of ether oxygens (including phenoxy) is 1. The van der Waals surface area contributed by atoms with Crippen LogP contribution in [0.15, 0.2) is 6.20 Å². The average molecular weight is 413 g/mol. The van der Waals surface area contributed by atoms with E-state index in [-0.39, 0.29) is 12.0 Å². The van der Waals surface area contributed by atoms with Gasteiger partial charge in [0.1, 0.15) is 5.82 Å². The summed E-state index contributed by atoms with van der Waals surface area (Å²) in [6.45, 7) is 2.20. The molecule has 4 bridgehead atoms. The Bertz CT molecular complexity index is 837. The van der Waals surface area contributed by atoms with Gasteiger partial charge in [-0.25, -0.2) is 4.98 Å². The third-order valence-corrected chi connectivity index (χ3v) is 8.16. The molecular weight excluding hydrogens is 380 g/mol. The van der Waals surface area contributed by atoms with Crippen molar-refractivity contribution >= 4 is 17.4 Å². The maximum Gasteiger partial charge on any atom is 0.255 e. The van der Waals surface area contributed by atoms with E-state index in [1.165, 1.54) is 12.8 Å². The molecule has 3 unspecified atom stereocenters. The Hall–Kier alpha value is -1.86. The van der Waals surface area contributed by atoms with Gasteiger partial charge in [0.25, 0.3) is 5.91 Å². The quantitative estimate of drug-likeness (QED) is 0.593. The van der Waals surface area contributed by atoms with Crippen LogP contribution in [-0.2, 0) is 11.2 Å². The van der Waals surface area contributed by atoms with Gasteiger partial charge in [-0.15, -0.1) is 0 Å². The molecule has 3 atom stereocenters. The van der Waals surface area contributed by atoms with Crippen LogP contribution in [-0.4, -0.2) is 53.4 Å². The lowest BCUT2D eigenvalue weighted by molar-refractivity contribution is -0.129. The minimum absolute atomic E-state index is 0.0716. The SMILES string of the molecule is O=C(NCC1CCCO1)c1cnc2c(c1N[C@H]1C3CC4CC1C[C@@](O)(C4)C3)CCN2. The van der Waals surface area contributed by atoms with Crippen LogP contribution in [0.2, 0.25) is 0 Å². The topological polar surface area (TPSA) is 95.5 Å².